The number of likely N-dealkylation sites (N-methyl/N-ethyl adjacent to an activating group) is 1. The number of amides is 1. The molecular formula is C19H16ClFN2O3. The molecular weight excluding hydrogens is 359 g/mol. The first-order valence-corrected chi connectivity index (χ1v) is 8.25. The number of rotatable bonds is 5. The second kappa shape index (κ2) is 7.58. The van der Waals surface area contributed by atoms with Crippen LogP contribution in [-0.2, 0) is 16.1 Å². The van der Waals surface area contributed by atoms with E-state index in [2.05, 4.69) is 4.98 Å². The highest BCUT2D eigenvalue weighted by atomic mass is 35.5. The average Bonchev–Trinajstić information content (AvgIpc) is 3.06. The molecule has 0 spiro atoms. The topological polar surface area (TPSA) is 62.4 Å². The van der Waals surface area contributed by atoms with Gasteiger partial charge in [-0.15, -0.1) is 0 Å². The molecule has 7 heteroatoms. The van der Waals surface area contributed by atoms with Crippen LogP contribution in [0.15, 0.2) is 48.7 Å². The minimum atomic E-state index is -0.604. The smallest absolute Gasteiger partial charge is 0.340 e. The van der Waals surface area contributed by atoms with E-state index in [-0.39, 0.29) is 17.1 Å². The summed E-state index contributed by atoms with van der Waals surface area (Å²) in [5, 5.41) is 0.955. The molecule has 0 radical (unpaired) electrons. The van der Waals surface area contributed by atoms with Gasteiger partial charge in [-0.05, 0) is 18.2 Å². The third kappa shape index (κ3) is 3.70. The van der Waals surface area contributed by atoms with Crippen LogP contribution in [0.4, 0.5) is 4.39 Å². The number of aromatic amines is 1. The molecule has 0 atom stereocenters. The molecule has 0 aliphatic carbocycles. The van der Waals surface area contributed by atoms with Crippen molar-refractivity contribution in [3.63, 3.8) is 0 Å². The van der Waals surface area contributed by atoms with Crippen LogP contribution in [0.1, 0.15) is 15.9 Å². The van der Waals surface area contributed by atoms with Crippen molar-refractivity contribution in [2.24, 2.45) is 0 Å². The van der Waals surface area contributed by atoms with E-state index in [1.165, 1.54) is 24.1 Å². The summed E-state index contributed by atoms with van der Waals surface area (Å²) in [6, 6.07) is 11.6. The van der Waals surface area contributed by atoms with Gasteiger partial charge < -0.3 is 14.6 Å². The third-order valence-corrected chi connectivity index (χ3v) is 4.37. The van der Waals surface area contributed by atoms with Crippen LogP contribution in [0.5, 0.6) is 0 Å². The van der Waals surface area contributed by atoms with Crippen molar-refractivity contribution in [2.45, 2.75) is 6.54 Å². The van der Waals surface area contributed by atoms with Crippen LogP contribution in [0, 0.1) is 5.82 Å². The first-order chi connectivity index (χ1) is 12.5. The lowest BCUT2D eigenvalue weighted by Gasteiger charge is -2.18. The van der Waals surface area contributed by atoms with E-state index >= 15 is 0 Å². The number of carbonyl (C=O) groups excluding carboxylic acids is 2. The number of halogens is 2. The molecule has 1 aromatic heterocycles. The van der Waals surface area contributed by atoms with Crippen molar-refractivity contribution >= 4 is 34.4 Å². The molecule has 0 fully saturated rings. The lowest BCUT2D eigenvalue weighted by atomic mass is 10.2. The largest absolute Gasteiger partial charge is 0.452 e. The van der Waals surface area contributed by atoms with Crippen molar-refractivity contribution in [3.05, 3.63) is 70.6 Å². The molecule has 0 aliphatic heterocycles. The summed E-state index contributed by atoms with van der Waals surface area (Å²) < 4.78 is 18.9. The van der Waals surface area contributed by atoms with Crippen LogP contribution in [-0.4, -0.2) is 35.4 Å². The summed E-state index contributed by atoms with van der Waals surface area (Å²) in [6.07, 6.45) is 1.54. The second-order valence-corrected chi connectivity index (χ2v) is 6.18. The number of ether oxygens (including phenoxy) is 1. The maximum atomic E-state index is 13.8. The monoisotopic (exact) mass is 374 g/mol. The van der Waals surface area contributed by atoms with Gasteiger partial charge in [-0.3, -0.25) is 4.79 Å². The van der Waals surface area contributed by atoms with E-state index in [0.29, 0.717) is 5.56 Å². The van der Waals surface area contributed by atoms with Crippen LogP contribution in [0.3, 0.4) is 0 Å². The predicted octanol–water partition coefficient (Wildman–Crippen LogP) is 3.78. The number of esters is 1. The van der Waals surface area contributed by atoms with Crippen molar-refractivity contribution in [1.29, 1.82) is 0 Å². The number of fused-ring (bicyclic) bond motifs is 1. The van der Waals surface area contributed by atoms with Gasteiger partial charge in [0.15, 0.2) is 6.61 Å². The highest BCUT2D eigenvalue weighted by Crippen LogP contribution is 2.21. The molecule has 1 heterocycles. The minimum Gasteiger partial charge on any atom is -0.452 e. The fourth-order valence-electron chi connectivity index (χ4n) is 2.56. The standard InChI is InChI=1S/C19H16ClFN2O3/c1-23(10-14-15(20)6-4-7-16(14)21)18(24)11-26-19(25)13-9-22-17-8-3-2-5-12(13)17/h2-9,22H,10-11H2,1H3. The number of H-pyrrole nitrogens is 1. The minimum absolute atomic E-state index is 0.0189. The zero-order valence-electron chi connectivity index (χ0n) is 14.0. The highest BCUT2D eigenvalue weighted by molar-refractivity contribution is 6.31. The van der Waals surface area contributed by atoms with Crippen molar-refractivity contribution in [2.75, 3.05) is 13.7 Å². The Kier molecular flexibility index (Phi) is 5.23. The number of hydrogen-bond acceptors (Lipinski definition) is 3. The average molecular weight is 375 g/mol. The lowest BCUT2D eigenvalue weighted by Crippen LogP contribution is -2.31. The Bertz CT molecular complexity index is 950. The zero-order chi connectivity index (χ0) is 18.7. The number of hydrogen-bond donors (Lipinski definition) is 1. The van der Waals surface area contributed by atoms with Crippen molar-refractivity contribution in [1.82, 2.24) is 9.88 Å². The number of nitrogens with zero attached hydrogens (tertiary/aromatic N) is 1. The Labute approximate surface area is 154 Å². The summed E-state index contributed by atoms with van der Waals surface area (Å²) in [6.45, 7) is -0.462. The molecule has 26 heavy (non-hydrogen) atoms. The summed E-state index contributed by atoms with van der Waals surface area (Å²) >= 11 is 5.96. The fourth-order valence-corrected chi connectivity index (χ4v) is 2.79. The van der Waals surface area contributed by atoms with Gasteiger partial charge in [0, 0.05) is 41.3 Å². The lowest BCUT2D eigenvalue weighted by molar-refractivity contribution is -0.133. The second-order valence-electron chi connectivity index (χ2n) is 5.77. The van der Waals surface area contributed by atoms with Crippen molar-refractivity contribution in [3.8, 4) is 0 Å². The van der Waals surface area contributed by atoms with Crippen LogP contribution in [0.2, 0.25) is 5.02 Å². The molecule has 1 N–H and O–H groups in total. The van der Waals surface area contributed by atoms with Gasteiger partial charge in [0.2, 0.25) is 0 Å². The van der Waals surface area contributed by atoms with E-state index in [1.54, 1.807) is 18.3 Å². The molecule has 0 aliphatic rings. The van der Waals surface area contributed by atoms with Gasteiger partial charge in [-0.1, -0.05) is 35.9 Å². The van der Waals surface area contributed by atoms with Gasteiger partial charge >= 0.3 is 5.97 Å². The maximum Gasteiger partial charge on any atom is 0.340 e. The van der Waals surface area contributed by atoms with Gasteiger partial charge in [0.05, 0.1) is 5.56 Å². The van der Waals surface area contributed by atoms with Crippen LogP contribution >= 0.6 is 11.6 Å². The zero-order valence-corrected chi connectivity index (χ0v) is 14.7. The molecule has 5 nitrogen and oxygen atoms in total. The van der Waals surface area contributed by atoms with E-state index in [1.807, 2.05) is 18.2 Å². The number of carbonyl (C=O) groups is 2. The van der Waals surface area contributed by atoms with E-state index in [9.17, 15) is 14.0 Å². The van der Waals surface area contributed by atoms with E-state index in [0.717, 1.165) is 10.9 Å². The van der Waals surface area contributed by atoms with E-state index in [4.69, 9.17) is 16.3 Å². The molecule has 0 saturated carbocycles. The third-order valence-electron chi connectivity index (χ3n) is 4.02. The Hall–Kier alpha value is -2.86. The highest BCUT2D eigenvalue weighted by Gasteiger charge is 2.18. The molecule has 0 unspecified atom stereocenters. The SMILES string of the molecule is CN(Cc1c(F)cccc1Cl)C(=O)COC(=O)c1c[nH]c2ccccc12. The van der Waals surface area contributed by atoms with Gasteiger partial charge in [-0.2, -0.15) is 0 Å². The van der Waals surface area contributed by atoms with Gasteiger partial charge in [0.25, 0.3) is 5.91 Å². The summed E-state index contributed by atoms with van der Waals surface area (Å²) in [5.74, 6) is -1.56. The first-order valence-electron chi connectivity index (χ1n) is 7.87. The van der Waals surface area contributed by atoms with E-state index < -0.39 is 24.3 Å². The molecule has 3 aromatic rings. The number of nitrogens with one attached hydrogen (secondary N) is 1. The molecule has 0 saturated heterocycles. The number of aromatic nitrogens is 1. The summed E-state index contributed by atoms with van der Waals surface area (Å²) in [7, 11) is 1.49. The summed E-state index contributed by atoms with van der Waals surface area (Å²) in [5.41, 5.74) is 1.37. The molecule has 134 valence electrons. The molecule has 0 bridgehead atoms. The number of para-hydroxylation sites is 1. The molecule has 3 rings (SSSR count). The molecule has 1 amide bonds. The number of benzene rings is 2. The quantitative estimate of drug-likeness (QED) is 0.691. The van der Waals surface area contributed by atoms with Crippen molar-refractivity contribution < 1.29 is 18.7 Å². The molecule has 2 aromatic carbocycles. The fraction of sp³-hybridized carbons (Fsp3) is 0.158. The maximum absolute atomic E-state index is 13.8. The first kappa shape index (κ1) is 17.9. The summed E-state index contributed by atoms with van der Waals surface area (Å²) in [4.78, 5) is 28.6. The van der Waals surface area contributed by atoms with Gasteiger partial charge in [0.1, 0.15) is 5.82 Å². The Balaban J connectivity index is 1.62. The Morgan fingerprint density at radius 1 is 1.19 bits per heavy atom. The van der Waals surface area contributed by atoms with Crippen LogP contribution < -0.4 is 0 Å². The predicted molar refractivity (Wildman–Crippen MR) is 96.5 cm³/mol. The Morgan fingerprint density at radius 3 is 2.73 bits per heavy atom. The van der Waals surface area contributed by atoms with Crippen LogP contribution in [0.25, 0.3) is 10.9 Å². The van der Waals surface area contributed by atoms with Gasteiger partial charge in [-0.25, -0.2) is 9.18 Å². The normalized spacial score (nSPS) is 10.7. The Morgan fingerprint density at radius 2 is 1.96 bits per heavy atom.